The van der Waals surface area contributed by atoms with Crippen LogP contribution in [0.15, 0.2) is 29.2 Å². The molecule has 112 valence electrons. The molecule has 0 aromatic heterocycles. The largest absolute Gasteiger partial charge is 0.375 e. The van der Waals surface area contributed by atoms with E-state index in [4.69, 9.17) is 4.74 Å². The average molecular weight is 294 g/mol. The van der Waals surface area contributed by atoms with E-state index in [9.17, 15) is 0 Å². The van der Waals surface area contributed by atoms with E-state index in [1.54, 1.807) is 0 Å². The minimum Gasteiger partial charge on any atom is -0.375 e. The van der Waals surface area contributed by atoms with Gasteiger partial charge >= 0.3 is 0 Å². The van der Waals surface area contributed by atoms with Crippen LogP contribution in [-0.4, -0.2) is 50.0 Å². The third-order valence-corrected chi connectivity index (χ3v) is 4.60. The van der Waals surface area contributed by atoms with E-state index in [2.05, 4.69) is 48.5 Å². The average Bonchev–Trinajstić information content (AvgIpc) is 2.47. The van der Waals surface area contributed by atoms with Gasteiger partial charge in [-0.15, -0.1) is 11.8 Å². The normalized spacial score (nSPS) is 20.2. The van der Waals surface area contributed by atoms with E-state index in [-0.39, 0.29) is 0 Å². The van der Waals surface area contributed by atoms with Crippen molar-refractivity contribution in [3.63, 3.8) is 0 Å². The summed E-state index contributed by atoms with van der Waals surface area (Å²) in [5.74, 6) is 1.04. The standard InChI is InChI=1S/C16H26N2OS/c1-3-8-17-11-14-4-6-16(7-5-14)20-13-15-12-18(2)9-10-19-15/h4-7,15,17H,3,8-13H2,1-2H3. The van der Waals surface area contributed by atoms with Crippen LogP contribution in [0, 0.1) is 0 Å². The van der Waals surface area contributed by atoms with Crippen LogP contribution in [0.3, 0.4) is 0 Å². The third kappa shape index (κ3) is 5.44. The molecule has 20 heavy (non-hydrogen) atoms. The van der Waals surface area contributed by atoms with E-state index in [0.717, 1.165) is 38.5 Å². The molecule has 1 aromatic carbocycles. The number of hydrogen-bond acceptors (Lipinski definition) is 4. The van der Waals surface area contributed by atoms with Crippen molar-refractivity contribution in [3.05, 3.63) is 29.8 Å². The quantitative estimate of drug-likeness (QED) is 0.617. The van der Waals surface area contributed by atoms with E-state index >= 15 is 0 Å². The highest BCUT2D eigenvalue weighted by molar-refractivity contribution is 7.99. The van der Waals surface area contributed by atoms with Gasteiger partial charge in [-0.2, -0.15) is 0 Å². The Morgan fingerprint density at radius 3 is 2.85 bits per heavy atom. The topological polar surface area (TPSA) is 24.5 Å². The van der Waals surface area contributed by atoms with E-state index in [0.29, 0.717) is 6.10 Å². The maximum Gasteiger partial charge on any atom is 0.0796 e. The minimum atomic E-state index is 0.365. The van der Waals surface area contributed by atoms with Gasteiger partial charge in [-0.05, 0) is 37.7 Å². The molecule has 0 spiro atoms. The van der Waals surface area contributed by atoms with Gasteiger partial charge in [-0.25, -0.2) is 0 Å². The number of thioether (sulfide) groups is 1. The molecule has 1 atom stereocenters. The summed E-state index contributed by atoms with van der Waals surface area (Å²) in [6, 6.07) is 8.89. The van der Waals surface area contributed by atoms with Crippen molar-refractivity contribution in [2.45, 2.75) is 30.9 Å². The second-order valence-electron chi connectivity index (χ2n) is 5.39. The monoisotopic (exact) mass is 294 g/mol. The molecule has 1 heterocycles. The molecule has 1 N–H and O–H groups in total. The number of ether oxygens (including phenoxy) is 1. The summed E-state index contributed by atoms with van der Waals surface area (Å²) in [4.78, 5) is 3.68. The van der Waals surface area contributed by atoms with Crippen LogP contribution in [0.1, 0.15) is 18.9 Å². The Labute approximate surface area is 127 Å². The van der Waals surface area contributed by atoms with Crippen molar-refractivity contribution in [1.82, 2.24) is 10.2 Å². The summed E-state index contributed by atoms with van der Waals surface area (Å²) >= 11 is 1.89. The highest BCUT2D eigenvalue weighted by Gasteiger charge is 2.17. The fourth-order valence-electron chi connectivity index (χ4n) is 2.27. The number of rotatable bonds is 7. The number of nitrogens with zero attached hydrogens (tertiary/aromatic N) is 1. The second kappa shape index (κ2) is 8.67. The summed E-state index contributed by atoms with van der Waals surface area (Å²) in [7, 11) is 2.16. The van der Waals surface area contributed by atoms with Gasteiger partial charge in [0.05, 0.1) is 12.7 Å². The molecule has 2 rings (SSSR count). The number of benzene rings is 1. The Kier molecular flexibility index (Phi) is 6.87. The van der Waals surface area contributed by atoms with Crippen LogP contribution >= 0.6 is 11.8 Å². The van der Waals surface area contributed by atoms with Crippen LogP contribution in [0.2, 0.25) is 0 Å². The number of nitrogens with one attached hydrogen (secondary N) is 1. The highest BCUT2D eigenvalue weighted by Crippen LogP contribution is 2.21. The third-order valence-electron chi connectivity index (χ3n) is 3.46. The summed E-state index contributed by atoms with van der Waals surface area (Å²) in [5, 5.41) is 3.43. The van der Waals surface area contributed by atoms with Crippen LogP contribution in [0.4, 0.5) is 0 Å². The predicted molar refractivity (Wildman–Crippen MR) is 86.4 cm³/mol. The Balaban J connectivity index is 1.73. The first-order valence-electron chi connectivity index (χ1n) is 7.50. The molecule has 4 heteroatoms. The maximum absolute atomic E-state index is 5.79. The zero-order chi connectivity index (χ0) is 14.2. The Morgan fingerprint density at radius 2 is 2.15 bits per heavy atom. The molecular weight excluding hydrogens is 268 g/mol. The second-order valence-corrected chi connectivity index (χ2v) is 6.48. The lowest BCUT2D eigenvalue weighted by Crippen LogP contribution is -2.41. The first-order chi connectivity index (χ1) is 9.78. The first kappa shape index (κ1) is 15.8. The van der Waals surface area contributed by atoms with Gasteiger partial charge in [0.15, 0.2) is 0 Å². The molecule has 1 aromatic rings. The van der Waals surface area contributed by atoms with Gasteiger partial charge in [0, 0.05) is 30.3 Å². The van der Waals surface area contributed by atoms with Crippen LogP contribution in [0.25, 0.3) is 0 Å². The molecule has 0 amide bonds. The molecule has 0 saturated carbocycles. The van der Waals surface area contributed by atoms with E-state index < -0.39 is 0 Å². The van der Waals surface area contributed by atoms with Crippen molar-refractivity contribution in [3.8, 4) is 0 Å². The molecule has 3 nitrogen and oxygen atoms in total. The summed E-state index contributed by atoms with van der Waals surface area (Å²) in [6.45, 7) is 7.21. The zero-order valence-electron chi connectivity index (χ0n) is 12.6. The number of likely N-dealkylation sites (N-methyl/N-ethyl adjacent to an activating group) is 1. The summed E-state index contributed by atoms with van der Waals surface area (Å²) in [6.07, 6.45) is 1.55. The van der Waals surface area contributed by atoms with Gasteiger partial charge in [0.25, 0.3) is 0 Å². The number of morpholine rings is 1. The highest BCUT2D eigenvalue weighted by atomic mass is 32.2. The molecule has 1 fully saturated rings. The first-order valence-corrected chi connectivity index (χ1v) is 8.49. The molecule has 1 saturated heterocycles. The Hall–Kier alpha value is -0.550. The Bertz CT molecular complexity index is 383. The Morgan fingerprint density at radius 1 is 1.35 bits per heavy atom. The van der Waals surface area contributed by atoms with E-state index in [1.807, 2.05) is 11.8 Å². The molecule has 0 bridgehead atoms. The van der Waals surface area contributed by atoms with Crippen LogP contribution in [0.5, 0.6) is 0 Å². The minimum absolute atomic E-state index is 0.365. The maximum atomic E-state index is 5.79. The predicted octanol–water partition coefficient (Wildman–Crippen LogP) is 2.61. The lowest BCUT2D eigenvalue weighted by Gasteiger charge is -2.29. The molecular formula is C16H26N2OS. The van der Waals surface area contributed by atoms with Gasteiger partial charge in [-0.1, -0.05) is 19.1 Å². The molecule has 0 aliphatic carbocycles. The lowest BCUT2D eigenvalue weighted by molar-refractivity contribution is -0.00598. The molecule has 0 radical (unpaired) electrons. The lowest BCUT2D eigenvalue weighted by atomic mass is 10.2. The fraction of sp³-hybridized carbons (Fsp3) is 0.625. The van der Waals surface area contributed by atoms with Crippen LogP contribution in [-0.2, 0) is 11.3 Å². The molecule has 1 unspecified atom stereocenters. The fourth-order valence-corrected chi connectivity index (χ4v) is 3.18. The van der Waals surface area contributed by atoms with Gasteiger partial charge in [0.1, 0.15) is 0 Å². The van der Waals surface area contributed by atoms with E-state index in [1.165, 1.54) is 16.9 Å². The van der Waals surface area contributed by atoms with Crippen molar-refractivity contribution >= 4 is 11.8 Å². The van der Waals surface area contributed by atoms with Crippen molar-refractivity contribution in [2.24, 2.45) is 0 Å². The van der Waals surface area contributed by atoms with Crippen molar-refractivity contribution < 1.29 is 4.74 Å². The number of hydrogen-bond donors (Lipinski definition) is 1. The van der Waals surface area contributed by atoms with Crippen LogP contribution < -0.4 is 5.32 Å². The van der Waals surface area contributed by atoms with Gasteiger partial charge in [0.2, 0.25) is 0 Å². The summed E-state index contributed by atoms with van der Waals surface area (Å²) in [5.41, 5.74) is 1.36. The van der Waals surface area contributed by atoms with Crippen molar-refractivity contribution in [1.29, 1.82) is 0 Å². The summed E-state index contributed by atoms with van der Waals surface area (Å²) < 4.78 is 5.79. The van der Waals surface area contributed by atoms with Gasteiger partial charge in [-0.3, -0.25) is 0 Å². The van der Waals surface area contributed by atoms with Gasteiger partial charge < -0.3 is 15.0 Å². The zero-order valence-corrected chi connectivity index (χ0v) is 13.4. The molecule has 1 aliphatic rings. The smallest absolute Gasteiger partial charge is 0.0796 e. The molecule has 1 aliphatic heterocycles. The SMILES string of the molecule is CCCNCc1ccc(SCC2CN(C)CCO2)cc1. The van der Waals surface area contributed by atoms with Crippen molar-refractivity contribution in [2.75, 3.05) is 39.0 Å².